The number of benzene rings is 2. The van der Waals surface area contributed by atoms with Crippen molar-refractivity contribution in [1.82, 2.24) is 10.2 Å². The number of hydrogen-bond donors (Lipinski definition) is 5. The zero-order valence-electron chi connectivity index (χ0n) is 27.3. The number of aromatic hydroxyl groups is 2. The SMILES string of the molecule is CN1CC[C@@H](c2c(O)cc(O)c3c(=O)cc(-c4ccccc4Cl)oc23)[C@@H](O)C1.C[C@@H]1C[C@@H]([C@H](O)CC2CC(=O)NC(=O)C2)C(=O)[C@@H](C)C1. The van der Waals surface area contributed by atoms with Crippen molar-refractivity contribution in [2.45, 2.75) is 70.5 Å². The van der Waals surface area contributed by atoms with Gasteiger partial charge in [-0.15, -0.1) is 0 Å². The molecule has 0 radical (unpaired) electrons. The summed E-state index contributed by atoms with van der Waals surface area (Å²) in [6.45, 7) is 5.16. The van der Waals surface area contributed by atoms with Gasteiger partial charge in [0.2, 0.25) is 11.8 Å². The Morgan fingerprint density at radius 1 is 1.02 bits per heavy atom. The molecule has 3 heterocycles. The van der Waals surface area contributed by atoms with Crippen LogP contribution < -0.4 is 10.7 Å². The number of rotatable bonds is 5. The number of likely N-dealkylation sites (tertiary alicyclic amines) is 1. The molecule has 0 bridgehead atoms. The first-order chi connectivity index (χ1) is 22.7. The summed E-state index contributed by atoms with van der Waals surface area (Å²) in [6, 6.07) is 9.35. The van der Waals surface area contributed by atoms with E-state index in [-0.39, 0.29) is 76.4 Å². The Labute approximate surface area is 283 Å². The number of nitrogens with zero attached hydrogens (tertiary/aromatic N) is 1. The van der Waals surface area contributed by atoms with Gasteiger partial charge in [0.25, 0.3) is 0 Å². The van der Waals surface area contributed by atoms with Crippen molar-refractivity contribution in [2.75, 3.05) is 20.1 Å². The number of nitrogens with one attached hydrogen (secondary N) is 1. The topological polar surface area (TPSA) is 178 Å². The zero-order valence-corrected chi connectivity index (χ0v) is 28.1. The van der Waals surface area contributed by atoms with Crippen LogP contribution in [-0.2, 0) is 14.4 Å². The smallest absolute Gasteiger partial charge is 0.226 e. The molecule has 1 saturated carbocycles. The highest BCUT2D eigenvalue weighted by atomic mass is 35.5. The van der Waals surface area contributed by atoms with Crippen molar-refractivity contribution in [3.05, 3.63) is 57.2 Å². The Balaban J connectivity index is 0.000000199. The molecule has 1 aromatic heterocycles. The molecule has 2 aliphatic heterocycles. The van der Waals surface area contributed by atoms with Crippen molar-refractivity contribution in [2.24, 2.45) is 23.7 Å². The zero-order chi connectivity index (χ0) is 34.9. The molecule has 0 spiro atoms. The minimum Gasteiger partial charge on any atom is -0.507 e. The van der Waals surface area contributed by atoms with E-state index in [0.29, 0.717) is 47.9 Å². The van der Waals surface area contributed by atoms with Crippen molar-refractivity contribution >= 4 is 40.2 Å². The number of phenolic OH excluding ortho intramolecular Hbond substituents is 2. The Morgan fingerprint density at radius 2 is 1.71 bits per heavy atom. The molecule has 48 heavy (non-hydrogen) atoms. The predicted octanol–water partition coefficient (Wildman–Crippen LogP) is 4.35. The molecule has 12 heteroatoms. The van der Waals surface area contributed by atoms with Crippen LogP contribution in [0.15, 0.2) is 45.6 Å². The standard InChI is InChI=1S/C21H20ClNO5.C15H23NO4/c1-23-7-6-12(17(27)10-23)19-14(24)8-15(25)20-16(26)9-18(28-21(19)20)11-4-2-3-5-13(11)22;1-8-3-9(2)15(20)11(4-8)12(17)5-10-6-13(18)16-14(19)7-10/h2-5,8-9,12,17,24-25,27H,6-7,10H2,1H3;8-12,17H,3-7H2,1-2H3,(H,16,18,19)/t12-,17+;8-,9-,11-,12+/m10/s1. The highest BCUT2D eigenvalue weighted by Crippen LogP contribution is 2.43. The van der Waals surface area contributed by atoms with Gasteiger partial charge in [0.1, 0.15) is 34.0 Å². The number of β-amino-alcohol motifs (C(OH)–C–C–N with tert-alkyl or cyclic N) is 1. The van der Waals surface area contributed by atoms with E-state index >= 15 is 0 Å². The number of aliphatic hydroxyl groups is 2. The number of piperidine rings is 2. The molecule has 2 aromatic carbocycles. The number of carbonyl (C=O) groups excluding carboxylic acids is 3. The lowest BCUT2D eigenvalue weighted by molar-refractivity contribution is -0.136. The third kappa shape index (κ3) is 7.75. The lowest BCUT2D eigenvalue weighted by atomic mass is 9.71. The molecule has 1 aliphatic carbocycles. The molecule has 2 amide bonds. The summed E-state index contributed by atoms with van der Waals surface area (Å²) in [6.07, 6.45) is 1.55. The summed E-state index contributed by atoms with van der Waals surface area (Å²) >= 11 is 6.25. The largest absolute Gasteiger partial charge is 0.507 e. The Morgan fingerprint density at radius 3 is 2.38 bits per heavy atom. The summed E-state index contributed by atoms with van der Waals surface area (Å²) in [7, 11) is 1.91. The molecular formula is C36H43ClN2O9. The molecular weight excluding hydrogens is 640 g/mol. The second-order valence-corrected chi connectivity index (χ2v) is 14.2. The Hall–Kier alpha value is -3.77. The summed E-state index contributed by atoms with van der Waals surface area (Å²) in [4.78, 5) is 49.6. The second-order valence-electron chi connectivity index (χ2n) is 13.7. The first-order valence-electron chi connectivity index (χ1n) is 16.4. The van der Waals surface area contributed by atoms with Gasteiger partial charge in [-0.25, -0.2) is 0 Å². The maximum absolute atomic E-state index is 12.8. The molecule has 3 fully saturated rings. The molecule has 2 saturated heterocycles. The van der Waals surface area contributed by atoms with Gasteiger partial charge >= 0.3 is 0 Å². The van der Waals surface area contributed by atoms with Gasteiger partial charge in [-0.05, 0) is 63.2 Å². The summed E-state index contributed by atoms with van der Waals surface area (Å²) in [5.74, 6) is -1.27. The van der Waals surface area contributed by atoms with Gasteiger partial charge in [-0.3, -0.25) is 24.5 Å². The highest BCUT2D eigenvalue weighted by molar-refractivity contribution is 6.33. The monoisotopic (exact) mass is 682 g/mol. The first-order valence-corrected chi connectivity index (χ1v) is 16.8. The lowest BCUT2D eigenvalue weighted by Crippen LogP contribution is -2.42. The van der Waals surface area contributed by atoms with Crippen molar-refractivity contribution in [3.63, 3.8) is 0 Å². The maximum atomic E-state index is 12.8. The van der Waals surface area contributed by atoms with Crippen LogP contribution in [0.5, 0.6) is 11.5 Å². The van der Waals surface area contributed by atoms with Gasteiger partial charge in [-0.2, -0.15) is 0 Å². The molecule has 6 atom stereocenters. The van der Waals surface area contributed by atoms with Crippen LogP contribution >= 0.6 is 11.6 Å². The molecule has 0 unspecified atom stereocenters. The molecule has 5 N–H and O–H groups in total. The predicted molar refractivity (Wildman–Crippen MR) is 180 cm³/mol. The third-order valence-corrected chi connectivity index (χ3v) is 10.2. The number of imide groups is 1. The average Bonchev–Trinajstić information content (AvgIpc) is 2.99. The highest BCUT2D eigenvalue weighted by Gasteiger charge is 2.38. The van der Waals surface area contributed by atoms with Crippen LogP contribution in [0.3, 0.4) is 0 Å². The van der Waals surface area contributed by atoms with Crippen molar-refractivity contribution in [3.8, 4) is 22.8 Å². The molecule has 258 valence electrons. The number of ketones is 1. The summed E-state index contributed by atoms with van der Waals surface area (Å²) in [5.41, 5.74) is 0.492. The van der Waals surface area contributed by atoms with Gasteiger partial charge in [0, 0.05) is 60.4 Å². The van der Waals surface area contributed by atoms with Crippen LogP contribution in [0.4, 0.5) is 0 Å². The number of phenols is 2. The second kappa shape index (κ2) is 14.8. The number of amides is 2. The van der Waals surface area contributed by atoms with Crippen molar-refractivity contribution < 1.29 is 39.2 Å². The first kappa shape index (κ1) is 35.5. The molecule has 6 rings (SSSR count). The van der Waals surface area contributed by atoms with Gasteiger partial charge < -0.3 is 29.7 Å². The van der Waals surface area contributed by atoms with Crippen LogP contribution in [0.25, 0.3) is 22.3 Å². The van der Waals surface area contributed by atoms with E-state index in [1.165, 1.54) is 6.07 Å². The number of fused-ring (bicyclic) bond motifs is 1. The normalized spacial score (nSPS) is 26.1. The van der Waals surface area contributed by atoms with Crippen LogP contribution in [0.2, 0.25) is 5.02 Å². The van der Waals surface area contributed by atoms with Crippen LogP contribution in [-0.4, -0.2) is 75.3 Å². The minimum absolute atomic E-state index is 0.00492. The Bertz CT molecular complexity index is 1740. The van der Waals surface area contributed by atoms with E-state index in [2.05, 4.69) is 12.2 Å². The fourth-order valence-electron chi connectivity index (χ4n) is 7.50. The number of hydrogen-bond acceptors (Lipinski definition) is 10. The molecule has 11 nitrogen and oxygen atoms in total. The fourth-order valence-corrected chi connectivity index (χ4v) is 7.73. The van der Waals surface area contributed by atoms with Gasteiger partial charge in [-0.1, -0.05) is 37.6 Å². The van der Waals surface area contributed by atoms with E-state index in [1.807, 2.05) is 18.9 Å². The van der Waals surface area contributed by atoms with E-state index < -0.39 is 23.6 Å². The molecule has 3 aromatic rings. The van der Waals surface area contributed by atoms with E-state index in [9.17, 15) is 39.6 Å². The Kier molecular flexibility index (Phi) is 10.9. The quantitative estimate of drug-likeness (QED) is 0.243. The van der Waals surface area contributed by atoms with E-state index in [4.69, 9.17) is 16.0 Å². The van der Waals surface area contributed by atoms with Crippen LogP contribution in [0, 0.1) is 23.7 Å². The average molecular weight is 683 g/mol. The van der Waals surface area contributed by atoms with E-state index in [0.717, 1.165) is 19.0 Å². The van der Waals surface area contributed by atoms with E-state index in [1.54, 1.807) is 24.3 Å². The number of likely N-dealkylation sites (N-methyl/N-ethyl adjacent to an activating group) is 1. The summed E-state index contributed by atoms with van der Waals surface area (Å²) < 4.78 is 6.00. The lowest BCUT2D eigenvalue weighted by Gasteiger charge is -2.34. The van der Waals surface area contributed by atoms with Gasteiger partial charge in [0.05, 0.1) is 17.2 Å². The minimum atomic E-state index is -0.744. The third-order valence-electron chi connectivity index (χ3n) is 9.82. The number of halogens is 1. The number of Topliss-reactive ketones (excluding diaryl/α,β-unsaturated/α-hetero) is 1. The van der Waals surface area contributed by atoms with Gasteiger partial charge in [0.15, 0.2) is 5.43 Å². The maximum Gasteiger partial charge on any atom is 0.226 e. The number of carbonyl (C=O) groups is 3. The molecule has 3 aliphatic rings. The summed E-state index contributed by atoms with van der Waals surface area (Å²) in [5, 5.41) is 44.4. The number of aliphatic hydroxyl groups excluding tert-OH is 2. The fraction of sp³-hybridized carbons (Fsp3) is 0.500. The van der Waals surface area contributed by atoms with Crippen LogP contribution in [0.1, 0.15) is 63.9 Å². The van der Waals surface area contributed by atoms with Crippen molar-refractivity contribution in [1.29, 1.82) is 0 Å².